The van der Waals surface area contributed by atoms with E-state index in [4.69, 9.17) is 10.5 Å². The highest BCUT2D eigenvalue weighted by Crippen LogP contribution is 2.18. The number of likely N-dealkylation sites (tertiary alicyclic amines) is 1. The van der Waals surface area contributed by atoms with Gasteiger partial charge in [0, 0.05) is 25.6 Å². The predicted octanol–water partition coefficient (Wildman–Crippen LogP) is 1.97. The van der Waals surface area contributed by atoms with Crippen LogP contribution in [0.3, 0.4) is 0 Å². The fraction of sp³-hybridized carbons (Fsp3) is 0.579. The molecule has 2 rings (SSSR count). The zero-order chi connectivity index (χ0) is 17.9. The van der Waals surface area contributed by atoms with Crippen molar-refractivity contribution in [3.05, 3.63) is 30.3 Å². The van der Waals surface area contributed by atoms with Crippen LogP contribution >= 0.6 is 12.4 Å². The summed E-state index contributed by atoms with van der Waals surface area (Å²) in [7, 11) is 0. The second kappa shape index (κ2) is 12.5. The largest absolute Gasteiger partial charge is 0.493 e. The summed E-state index contributed by atoms with van der Waals surface area (Å²) in [5.74, 6) is 0.997. The molecule has 0 bridgehead atoms. The first-order chi connectivity index (χ1) is 12.2. The van der Waals surface area contributed by atoms with Gasteiger partial charge in [-0.1, -0.05) is 18.2 Å². The zero-order valence-electron chi connectivity index (χ0n) is 15.2. The number of nitrogens with zero attached hydrogens (tertiary/aromatic N) is 1. The van der Waals surface area contributed by atoms with Gasteiger partial charge >= 0.3 is 0 Å². The molecule has 26 heavy (non-hydrogen) atoms. The van der Waals surface area contributed by atoms with Crippen molar-refractivity contribution < 1.29 is 14.3 Å². The molecule has 0 spiro atoms. The Kier molecular flexibility index (Phi) is 10.7. The van der Waals surface area contributed by atoms with E-state index in [2.05, 4.69) is 5.32 Å². The normalized spacial score (nSPS) is 14.4. The summed E-state index contributed by atoms with van der Waals surface area (Å²) < 4.78 is 5.57. The lowest BCUT2D eigenvalue weighted by Gasteiger charge is -2.31. The molecule has 0 aromatic heterocycles. The van der Waals surface area contributed by atoms with Gasteiger partial charge in [-0.15, -0.1) is 12.4 Å². The first-order valence-electron chi connectivity index (χ1n) is 9.14. The lowest BCUT2D eigenvalue weighted by atomic mass is 9.95. The van der Waals surface area contributed by atoms with E-state index in [1.54, 1.807) is 0 Å². The molecule has 0 saturated carbocycles. The standard InChI is InChI=1S/C19H29N3O3.ClH/c20-11-4-5-12-21-19(24)16-8-13-22(14-9-16)18(23)10-15-25-17-6-2-1-3-7-17;/h1-3,6-7,16H,4-5,8-15,20H2,(H,21,24);1H. The van der Waals surface area contributed by atoms with Crippen LogP contribution in [-0.2, 0) is 9.59 Å². The minimum atomic E-state index is 0. The highest BCUT2D eigenvalue weighted by molar-refractivity contribution is 5.85. The smallest absolute Gasteiger partial charge is 0.225 e. The fourth-order valence-electron chi connectivity index (χ4n) is 2.95. The monoisotopic (exact) mass is 383 g/mol. The summed E-state index contributed by atoms with van der Waals surface area (Å²) in [6.07, 6.45) is 3.67. The number of unbranched alkanes of at least 4 members (excludes halogenated alkanes) is 1. The van der Waals surface area contributed by atoms with E-state index in [0.717, 1.165) is 31.4 Å². The summed E-state index contributed by atoms with van der Waals surface area (Å²) >= 11 is 0. The number of amides is 2. The van der Waals surface area contributed by atoms with Gasteiger partial charge in [0.1, 0.15) is 5.75 Å². The maximum atomic E-state index is 12.2. The molecule has 1 saturated heterocycles. The summed E-state index contributed by atoms with van der Waals surface area (Å²) in [4.78, 5) is 26.2. The Bertz CT molecular complexity index is 534. The minimum absolute atomic E-state index is 0. The Morgan fingerprint density at radius 3 is 2.50 bits per heavy atom. The Labute approximate surface area is 161 Å². The molecule has 1 aromatic rings. The van der Waals surface area contributed by atoms with Crippen LogP contribution < -0.4 is 15.8 Å². The maximum absolute atomic E-state index is 12.2. The molecule has 0 radical (unpaired) electrons. The third kappa shape index (κ3) is 7.62. The van der Waals surface area contributed by atoms with Crippen molar-refractivity contribution in [3.8, 4) is 5.75 Å². The average Bonchev–Trinajstić information content (AvgIpc) is 2.66. The number of piperidine rings is 1. The van der Waals surface area contributed by atoms with E-state index in [1.807, 2.05) is 35.2 Å². The van der Waals surface area contributed by atoms with Crippen molar-refractivity contribution in [2.75, 3.05) is 32.8 Å². The van der Waals surface area contributed by atoms with Crippen LogP contribution in [0.1, 0.15) is 32.1 Å². The first kappa shape index (κ1) is 22.3. The molecule has 1 aromatic carbocycles. The maximum Gasteiger partial charge on any atom is 0.225 e. The van der Waals surface area contributed by atoms with Gasteiger partial charge in [-0.05, 0) is 44.4 Å². The summed E-state index contributed by atoms with van der Waals surface area (Å²) in [5, 5.41) is 2.97. The summed E-state index contributed by atoms with van der Waals surface area (Å²) in [5.41, 5.74) is 5.44. The molecule has 0 unspecified atom stereocenters. The number of nitrogens with one attached hydrogen (secondary N) is 1. The van der Waals surface area contributed by atoms with Crippen molar-refractivity contribution in [3.63, 3.8) is 0 Å². The number of carbonyl (C=O) groups is 2. The average molecular weight is 384 g/mol. The number of benzene rings is 1. The van der Waals surface area contributed by atoms with Gasteiger partial charge in [0.2, 0.25) is 11.8 Å². The van der Waals surface area contributed by atoms with Crippen LogP contribution in [0.25, 0.3) is 0 Å². The zero-order valence-corrected chi connectivity index (χ0v) is 16.0. The van der Waals surface area contributed by atoms with Crippen LogP contribution in [0, 0.1) is 5.92 Å². The molecule has 1 heterocycles. The number of para-hydroxylation sites is 1. The van der Waals surface area contributed by atoms with E-state index < -0.39 is 0 Å². The third-order valence-corrected chi connectivity index (χ3v) is 4.48. The van der Waals surface area contributed by atoms with Gasteiger partial charge < -0.3 is 20.7 Å². The van der Waals surface area contributed by atoms with E-state index in [0.29, 0.717) is 39.2 Å². The summed E-state index contributed by atoms with van der Waals surface area (Å²) in [6, 6.07) is 9.49. The van der Waals surface area contributed by atoms with Crippen molar-refractivity contribution in [2.24, 2.45) is 11.7 Å². The second-order valence-corrected chi connectivity index (χ2v) is 6.35. The van der Waals surface area contributed by atoms with Crippen LogP contribution in [0.5, 0.6) is 5.75 Å². The Hall–Kier alpha value is -1.79. The van der Waals surface area contributed by atoms with Gasteiger partial charge in [0.25, 0.3) is 0 Å². The van der Waals surface area contributed by atoms with Crippen molar-refractivity contribution in [2.45, 2.75) is 32.1 Å². The molecule has 1 aliphatic heterocycles. The van der Waals surface area contributed by atoms with E-state index >= 15 is 0 Å². The van der Waals surface area contributed by atoms with Crippen molar-refractivity contribution >= 4 is 24.2 Å². The van der Waals surface area contributed by atoms with Crippen molar-refractivity contribution in [1.29, 1.82) is 0 Å². The molecule has 1 fully saturated rings. The molecule has 2 amide bonds. The predicted molar refractivity (Wildman–Crippen MR) is 104 cm³/mol. The lowest BCUT2D eigenvalue weighted by molar-refractivity contribution is -0.136. The van der Waals surface area contributed by atoms with E-state index in [1.165, 1.54) is 0 Å². The topological polar surface area (TPSA) is 84.7 Å². The molecule has 146 valence electrons. The number of ether oxygens (including phenoxy) is 1. The first-order valence-corrected chi connectivity index (χ1v) is 9.14. The number of hydrogen-bond acceptors (Lipinski definition) is 4. The lowest BCUT2D eigenvalue weighted by Crippen LogP contribution is -2.43. The van der Waals surface area contributed by atoms with Gasteiger partial charge in [-0.25, -0.2) is 0 Å². The molecule has 3 N–H and O–H groups in total. The molecule has 0 atom stereocenters. The number of carbonyl (C=O) groups excluding carboxylic acids is 2. The fourth-order valence-corrected chi connectivity index (χ4v) is 2.95. The number of hydrogen-bond donors (Lipinski definition) is 2. The van der Waals surface area contributed by atoms with Crippen LogP contribution in [0.4, 0.5) is 0 Å². The number of nitrogens with two attached hydrogens (primary N) is 1. The van der Waals surface area contributed by atoms with Crippen LogP contribution in [-0.4, -0.2) is 49.5 Å². The van der Waals surface area contributed by atoms with Gasteiger partial charge in [-0.3, -0.25) is 9.59 Å². The number of rotatable bonds is 9. The Balaban J connectivity index is 0.00000338. The molecular weight excluding hydrogens is 354 g/mol. The molecule has 0 aliphatic carbocycles. The van der Waals surface area contributed by atoms with Crippen molar-refractivity contribution in [1.82, 2.24) is 10.2 Å². The van der Waals surface area contributed by atoms with Gasteiger partial charge in [0.05, 0.1) is 13.0 Å². The quantitative estimate of drug-likeness (QED) is 0.638. The van der Waals surface area contributed by atoms with Crippen LogP contribution in [0.15, 0.2) is 30.3 Å². The van der Waals surface area contributed by atoms with Gasteiger partial charge in [0.15, 0.2) is 0 Å². The Morgan fingerprint density at radius 1 is 1.15 bits per heavy atom. The third-order valence-electron chi connectivity index (χ3n) is 4.48. The highest BCUT2D eigenvalue weighted by atomic mass is 35.5. The SMILES string of the molecule is Cl.NCCCCNC(=O)C1CCN(C(=O)CCOc2ccccc2)CC1. The molecular formula is C19H30ClN3O3. The minimum Gasteiger partial charge on any atom is -0.493 e. The molecule has 7 heteroatoms. The second-order valence-electron chi connectivity index (χ2n) is 6.35. The van der Waals surface area contributed by atoms with Crippen LogP contribution in [0.2, 0.25) is 0 Å². The molecule has 1 aliphatic rings. The van der Waals surface area contributed by atoms with E-state index in [9.17, 15) is 9.59 Å². The highest BCUT2D eigenvalue weighted by Gasteiger charge is 2.26. The number of halogens is 1. The van der Waals surface area contributed by atoms with E-state index in [-0.39, 0.29) is 30.1 Å². The molecule has 6 nitrogen and oxygen atoms in total. The summed E-state index contributed by atoms with van der Waals surface area (Å²) in [6.45, 7) is 3.01. The van der Waals surface area contributed by atoms with Gasteiger partial charge in [-0.2, -0.15) is 0 Å². The Morgan fingerprint density at radius 2 is 1.85 bits per heavy atom.